The maximum atomic E-state index is 10.7. The van der Waals surface area contributed by atoms with E-state index in [-0.39, 0.29) is 5.92 Å². The molecule has 0 aliphatic heterocycles. The van der Waals surface area contributed by atoms with Gasteiger partial charge in [-0.25, -0.2) is 4.98 Å². The lowest BCUT2D eigenvalue weighted by atomic mass is 10.1. The molecule has 0 fully saturated rings. The Bertz CT molecular complexity index is 347. The van der Waals surface area contributed by atoms with Crippen LogP contribution in [-0.2, 0) is 17.6 Å². The molecule has 1 heterocycles. The van der Waals surface area contributed by atoms with Crippen molar-refractivity contribution < 1.29 is 9.90 Å². The van der Waals surface area contributed by atoms with Gasteiger partial charge in [-0.05, 0) is 18.8 Å². The third kappa shape index (κ3) is 4.31. The summed E-state index contributed by atoms with van der Waals surface area (Å²) in [6, 6.07) is 0. The van der Waals surface area contributed by atoms with Crippen molar-refractivity contribution in [1.29, 1.82) is 0 Å². The topological polar surface area (TPSA) is 50.2 Å². The lowest BCUT2D eigenvalue weighted by Gasteiger charge is -2.03. The highest BCUT2D eigenvalue weighted by molar-refractivity contribution is 7.09. The van der Waals surface area contributed by atoms with Gasteiger partial charge in [-0.15, -0.1) is 11.3 Å². The molecule has 0 bridgehead atoms. The van der Waals surface area contributed by atoms with Crippen molar-refractivity contribution in [2.24, 2.45) is 11.8 Å². The molecule has 1 N–H and O–H groups in total. The summed E-state index contributed by atoms with van der Waals surface area (Å²) in [4.78, 5) is 15.2. The Morgan fingerprint density at radius 3 is 2.75 bits per heavy atom. The molecule has 1 unspecified atom stereocenters. The van der Waals surface area contributed by atoms with Gasteiger partial charge in [-0.1, -0.05) is 20.8 Å². The van der Waals surface area contributed by atoms with Gasteiger partial charge < -0.3 is 5.11 Å². The fourth-order valence-electron chi connectivity index (χ4n) is 1.44. The minimum absolute atomic E-state index is 0.280. The molecule has 3 nitrogen and oxygen atoms in total. The summed E-state index contributed by atoms with van der Waals surface area (Å²) in [5.74, 6) is -0.385. The van der Waals surface area contributed by atoms with E-state index in [9.17, 15) is 4.79 Å². The van der Waals surface area contributed by atoms with Crippen molar-refractivity contribution in [1.82, 2.24) is 4.98 Å². The molecular formula is C12H19NO2S. The number of aliphatic carboxylic acids is 1. The molecule has 0 aliphatic carbocycles. The van der Waals surface area contributed by atoms with Crippen LogP contribution in [0.1, 0.15) is 37.9 Å². The first-order valence-electron chi connectivity index (χ1n) is 5.65. The molecule has 4 heteroatoms. The molecule has 0 aromatic carbocycles. The first kappa shape index (κ1) is 13.2. The van der Waals surface area contributed by atoms with Crippen molar-refractivity contribution in [2.45, 2.75) is 40.0 Å². The summed E-state index contributed by atoms with van der Waals surface area (Å²) in [6.07, 6.45) is 2.45. The smallest absolute Gasteiger partial charge is 0.306 e. The molecule has 0 aliphatic rings. The number of thiazole rings is 1. The number of hydrogen-bond donors (Lipinski definition) is 1. The monoisotopic (exact) mass is 241 g/mol. The van der Waals surface area contributed by atoms with Crippen LogP contribution in [0.15, 0.2) is 5.38 Å². The van der Waals surface area contributed by atoms with Crippen LogP contribution in [-0.4, -0.2) is 16.1 Å². The van der Waals surface area contributed by atoms with Crippen molar-refractivity contribution in [3.8, 4) is 0 Å². The van der Waals surface area contributed by atoms with E-state index in [0.717, 1.165) is 23.5 Å². The van der Waals surface area contributed by atoms with Gasteiger partial charge in [0.1, 0.15) is 0 Å². The van der Waals surface area contributed by atoms with Gasteiger partial charge in [0.15, 0.2) is 0 Å². The van der Waals surface area contributed by atoms with E-state index in [1.807, 2.05) is 0 Å². The predicted molar refractivity (Wildman–Crippen MR) is 65.8 cm³/mol. The van der Waals surface area contributed by atoms with Crippen LogP contribution in [0.3, 0.4) is 0 Å². The molecule has 1 rings (SSSR count). The van der Waals surface area contributed by atoms with Gasteiger partial charge in [-0.2, -0.15) is 0 Å². The Kier molecular flexibility index (Phi) is 4.93. The number of nitrogens with zero attached hydrogens (tertiary/aromatic N) is 1. The third-order valence-corrected chi connectivity index (χ3v) is 3.39. The fraction of sp³-hybridized carbons (Fsp3) is 0.667. The summed E-state index contributed by atoms with van der Waals surface area (Å²) >= 11 is 1.64. The zero-order valence-corrected chi connectivity index (χ0v) is 10.9. The second-order valence-electron chi connectivity index (χ2n) is 4.61. The summed E-state index contributed by atoms with van der Waals surface area (Å²) in [6.45, 7) is 6.09. The Balaban J connectivity index is 2.43. The van der Waals surface area contributed by atoms with Gasteiger partial charge in [0, 0.05) is 11.8 Å². The maximum Gasteiger partial charge on any atom is 0.306 e. The Labute approximate surface area is 101 Å². The second kappa shape index (κ2) is 5.99. The standard InChI is InChI=1S/C12H19NO2S/c1-8(2)6-10-7-16-11(13-10)5-4-9(3)12(14)15/h7-9H,4-6H2,1-3H3,(H,14,15). The normalized spacial score (nSPS) is 13.0. The lowest BCUT2D eigenvalue weighted by Crippen LogP contribution is -2.10. The van der Waals surface area contributed by atoms with E-state index in [4.69, 9.17) is 5.11 Å². The minimum atomic E-state index is -0.723. The molecular weight excluding hydrogens is 222 g/mol. The van der Waals surface area contributed by atoms with Crippen LogP contribution in [0.4, 0.5) is 0 Å². The molecule has 1 aromatic rings. The average Bonchev–Trinajstić information content (AvgIpc) is 2.60. The van der Waals surface area contributed by atoms with E-state index >= 15 is 0 Å². The number of carboxylic acids is 1. The van der Waals surface area contributed by atoms with Crippen LogP contribution in [0.5, 0.6) is 0 Å². The zero-order valence-electron chi connectivity index (χ0n) is 10.1. The van der Waals surface area contributed by atoms with Crippen LogP contribution >= 0.6 is 11.3 Å². The molecule has 1 atom stereocenters. The van der Waals surface area contributed by atoms with E-state index < -0.39 is 5.97 Å². The quantitative estimate of drug-likeness (QED) is 0.833. The molecule has 0 radical (unpaired) electrons. The number of aryl methyl sites for hydroxylation is 1. The highest BCUT2D eigenvalue weighted by Crippen LogP contribution is 2.16. The summed E-state index contributed by atoms with van der Waals surface area (Å²) < 4.78 is 0. The summed E-state index contributed by atoms with van der Waals surface area (Å²) in [7, 11) is 0. The summed E-state index contributed by atoms with van der Waals surface area (Å²) in [5.41, 5.74) is 1.14. The molecule has 0 saturated heterocycles. The fourth-order valence-corrected chi connectivity index (χ4v) is 2.27. The van der Waals surface area contributed by atoms with Gasteiger partial charge in [0.2, 0.25) is 0 Å². The zero-order chi connectivity index (χ0) is 12.1. The largest absolute Gasteiger partial charge is 0.481 e. The van der Waals surface area contributed by atoms with Gasteiger partial charge in [0.25, 0.3) is 0 Å². The highest BCUT2D eigenvalue weighted by Gasteiger charge is 2.12. The van der Waals surface area contributed by atoms with Crippen molar-refractivity contribution in [2.75, 3.05) is 0 Å². The third-order valence-electron chi connectivity index (χ3n) is 2.43. The van der Waals surface area contributed by atoms with Crippen molar-refractivity contribution >= 4 is 17.3 Å². The van der Waals surface area contributed by atoms with Gasteiger partial charge in [0.05, 0.1) is 16.6 Å². The van der Waals surface area contributed by atoms with Gasteiger partial charge >= 0.3 is 5.97 Å². The molecule has 90 valence electrons. The highest BCUT2D eigenvalue weighted by atomic mass is 32.1. The van der Waals surface area contributed by atoms with Crippen LogP contribution in [0, 0.1) is 11.8 Å². The Hall–Kier alpha value is -0.900. The second-order valence-corrected chi connectivity index (χ2v) is 5.55. The molecule has 1 aromatic heterocycles. The van der Waals surface area contributed by atoms with Gasteiger partial charge in [-0.3, -0.25) is 4.79 Å². The van der Waals surface area contributed by atoms with Crippen LogP contribution in [0.25, 0.3) is 0 Å². The molecule has 0 amide bonds. The average molecular weight is 241 g/mol. The number of hydrogen-bond acceptors (Lipinski definition) is 3. The van der Waals surface area contributed by atoms with E-state index in [2.05, 4.69) is 24.2 Å². The Morgan fingerprint density at radius 2 is 2.19 bits per heavy atom. The van der Waals surface area contributed by atoms with Crippen LogP contribution < -0.4 is 0 Å². The first-order chi connectivity index (χ1) is 7.49. The van der Waals surface area contributed by atoms with Crippen molar-refractivity contribution in [3.05, 3.63) is 16.1 Å². The maximum absolute atomic E-state index is 10.7. The molecule has 0 spiro atoms. The Morgan fingerprint density at radius 1 is 1.50 bits per heavy atom. The van der Waals surface area contributed by atoms with Crippen LogP contribution in [0.2, 0.25) is 0 Å². The van der Waals surface area contributed by atoms with E-state index in [1.54, 1.807) is 18.3 Å². The number of rotatable bonds is 6. The van der Waals surface area contributed by atoms with Crippen molar-refractivity contribution in [3.63, 3.8) is 0 Å². The SMILES string of the molecule is CC(C)Cc1csc(CCC(C)C(=O)O)n1. The van der Waals surface area contributed by atoms with E-state index in [0.29, 0.717) is 12.3 Å². The predicted octanol–water partition coefficient (Wildman–Crippen LogP) is 2.99. The van der Waals surface area contributed by atoms with E-state index in [1.165, 1.54) is 0 Å². The summed E-state index contributed by atoms with van der Waals surface area (Å²) in [5, 5.41) is 11.9. The number of carbonyl (C=O) groups is 1. The molecule has 16 heavy (non-hydrogen) atoms. The number of aromatic nitrogens is 1. The lowest BCUT2D eigenvalue weighted by molar-refractivity contribution is -0.141. The number of carboxylic acid groups (broad SMARTS) is 1. The minimum Gasteiger partial charge on any atom is -0.481 e. The molecule has 0 saturated carbocycles. The first-order valence-corrected chi connectivity index (χ1v) is 6.53.